The first-order valence-corrected chi connectivity index (χ1v) is 13.4. The van der Waals surface area contributed by atoms with Crippen molar-refractivity contribution in [3.8, 4) is 5.75 Å². The molecule has 0 amide bonds. The highest BCUT2D eigenvalue weighted by Crippen LogP contribution is 2.49. The summed E-state index contributed by atoms with van der Waals surface area (Å²) in [5, 5.41) is 1.70. The number of thioether (sulfide) groups is 1. The lowest BCUT2D eigenvalue weighted by Crippen LogP contribution is -2.67. The minimum Gasteiger partial charge on any atom is -0.479 e. The lowest BCUT2D eigenvalue weighted by Gasteiger charge is -2.48. The summed E-state index contributed by atoms with van der Waals surface area (Å²) in [7, 11) is 1.87. The van der Waals surface area contributed by atoms with Crippen LogP contribution >= 0.6 is 11.8 Å². The van der Waals surface area contributed by atoms with Gasteiger partial charge in [0.1, 0.15) is 5.75 Å². The Labute approximate surface area is 228 Å². The molecule has 0 aromatic heterocycles. The van der Waals surface area contributed by atoms with Gasteiger partial charge in [0.2, 0.25) is 12.2 Å². The lowest BCUT2D eigenvalue weighted by molar-refractivity contribution is -0.337. The van der Waals surface area contributed by atoms with E-state index in [1.807, 2.05) is 67.4 Å². The highest BCUT2D eigenvalue weighted by molar-refractivity contribution is 8.00. The summed E-state index contributed by atoms with van der Waals surface area (Å²) in [5.74, 6) is -0.520. The Morgan fingerprint density at radius 3 is 2.46 bits per heavy atom. The number of carbonyl (C=O) groups is 1. The molecule has 3 heterocycles. The SMILES string of the molecule is CCOC(=O)CSc1ccc(OC(c2ccccc2)C23NN(c4ccc(C(F)(F)F)cc4)C(O2)N3C)c(C)c1. The molecule has 7 nitrogen and oxygen atoms in total. The van der Waals surface area contributed by atoms with Crippen LogP contribution in [0.25, 0.3) is 0 Å². The van der Waals surface area contributed by atoms with Crippen molar-refractivity contribution in [2.24, 2.45) is 0 Å². The predicted octanol–water partition coefficient (Wildman–Crippen LogP) is 5.71. The van der Waals surface area contributed by atoms with E-state index in [4.69, 9.17) is 14.2 Å². The van der Waals surface area contributed by atoms with Gasteiger partial charge in [0.05, 0.1) is 23.6 Å². The molecular formula is C28H28F3N3O4S. The number of anilines is 1. The van der Waals surface area contributed by atoms with Crippen LogP contribution in [0.15, 0.2) is 77.7 Å². The number of hydrogen-bond acceptors (Lipinski definition) is 8. The smallest absolute Gasteiger partial charge is 0.416 e. The van der Waals surface area contributed by atoms with Gasteiger partial charge in [-0.05, 0) is 74.5 Å². The van der Waals surface area contributed by atoms with Gasteiger partial charge in [0.15, 0.2) is 6.10 Å². The third-order valence-electron chi connectivity index (χ3n) is 6.63. The summed E-state index contributed by atoms with van der Waals surface area (Å²) in [4.78, 5) is 14.6. The summed E-state index contributed by atoms with van der Waals surface area (Å²) < 4.78 is 57.1. The molecule has 0 radical (unpaired) electrons. The maximum absolute atomic E-state index is 13.1. The van der Waals surface area contributed by atoms with Crippen molar-refractivity contribution in [3.05, 3.63) is 89.5 Å². The van der Waals surface area contributed by atoms with Crippen LogP contribution < -0.4 is 15.2 Å². The maximum atomic E-state index is 13.1. The standard InChI is InChI=1S/C28H28F3N3O4S/c1-4-36-24(35)17-39-22-14-15-23(18(2)16-22)37-25(19-8-6-5-7-9-19)28-32-34(26(38-28)33(28)3)21-12-10-20(11-13-21)27(29,30)31/h5-16,25-26,32H,4,17H2,1-3H3. The van der Waals surface area contributed by atoms with Crippen molar-refractivity contribution >= 4 is 23.4 Å². The quantitative estimate of drug-likeness (QED) is 0.264. The molecule has 2 bridgehead atoms. The number of rotatable bonds is 9. The van der Waals surface area contributed by atoms with Crippen LogP contribution in [0, 0.1) is 6.92 Å². The zero-order valence-electron chi connectivity index (χ0n) is 21.6. The van der Waals surface area contributed by atoms with Crippen LogP contribution in [0.5, 0.6) is 5.75 Å². The predicted molar refractivity (Wildman–Crippen MR) is 141 cm³/mol. The lowest BCUT2D eigenvalue weighted by atomic mass is 10.0. The Bertz CT molecular complexity index is 1330. The minimum absolute atomic E-state index is 0.215. The molecule has 3 aliphatic heterocycles. The average Bonchev–Trinajstić information content (AvgIpc) is 3.46. The molecule has 6 rings (SSSR count). The molecule has 0 spiro atoms. The summed E-state index contributed by atoms with van der Waals surface area (Å²) in [5.41, 5.74) is 4.88. The number of fused-ring (bicyclic) bond motifs is 1. The first kappa shape index (κ1) is 27.3. The number of esters is 1. The molecule has 3 unspecified atom stereocenters. The Hall–Kier alpha value is -3.25. The molecular weight excluding hydrogens is 531 g/mol. The molecule has 3 aromatic rings. The highest BCUT2D eigenvalue weighted by atomic mass is 32.2. The van der Waals surface area contributed by atoms with Crippen LogP contribution in [0.3, 0.4) is 0 Å². The zero-order chi connectivity index (χ0) is 27.8. The van der Waals surface area contributed by atoms with Crippen LogP contribution in [0.2, 0.25) is 0 Å². The summed E-state index contributed by atoms with van der Waals surface area (Å²) in [6.45, 7) is 4.04. The van der Waals surface area contributed by atoms with Crippen molar-refractivity contribution in [1.82, 2.24) is 10.3 Å². The number of hydrazine groups is 1. The Kier molecular flexibility index (Phi) is 7.51. The van der Waals surface area contributed by atoms with E-state index in [1.54, 1.807) is 11.9 Å². The van der Waals surface area contributed by atoms with Gasteiger partial charge >= 0.3 is 12.1 Å². The fourth-order valence-electron chi connectivity index (χ4n) is 4.62. The number of nitrogens with zero attached hydrogens (tertiary/aromatic N) is 2. The Balaban J connectivity index is 1.38. The van der Waals surface area contributed by atoms with E-state index >= 15 is 0 Å². The molecule has 0 aliphatic carbocycles. The number of likely N-dealkylation sites (N-methyl/N-ethyl adjacent to an activating group) is 1. The van der Waals surface area contributed by atoms with Gasteiger partial charge in [-0.2, -0.15) is 18.6 Å². The van der Waals surface area contributed by atoms with E-state index in [1.165, 1.54) is 23.9 Å². The first-order valence-electron chi connectivity index (χ1n) is 12.4. The Morgan fingerprint density at radius 2 is 1.85 bits per heavy atom. The van der Waals surface area contributed by atoms with Crippen molar-refractivity contribution in [2.45, 2.75) is 43.2 Å². The van der Waals surface area contributed by atoms with Gasteiger partial charge in [-0.3, -0.25) is 9.80 Å². The van der Waals surface area contributed by atoms with Crippen LogP contribution in [-0.2, 0) is 20.4 Å². The molecule has 3 fully saturated rings. The van der Waals surface area contributed by atoms with E-state index in [9.17, 15) is 18.0 Å². The van der Waals surface area contributed by atoms with Gasteiger partial charge < -0.3 is 14.2 Å². The molecule has 0 saturated carbocycles. The number of ether oxygens (including phenoxy) is 3. The van der Waals surface area contributed by atoms with Gasteiger partial charge in [-0.1, -0.05) is 30.3 Å². The molecule has 3 aromatic carbocycles. The fraction of sp³-hybridized carbons (Fsp3) is 0.321. The second kappa shape index (κ2) is 10.7. The van der Waals surface area contributed by atoms with E-state index in [-0.39, 0.29) is 11.7 Å². The molecule has 3 atom stereocenters. The van der Waals surface area contributed by atoms with Crippen molar-refractivity contribution in [1.29, 1.82) is 0 Å². The number of carbonyl (C=O) groups excluding carboxylic acids is 1. The van der Waals surface area contributed by atoms with E-state index in [0.29, 0.717) is 18.0 Å². The number of benzene rings is 3. The molecule has 3 saturated heterocycles. The normalized spacial score (nSPS) is 21.4. The van der Waals surface area contributed by atoms with Gasteiger partial charge in [0, 0.05) is 4.90 Å². The molecule has 39 heavy (non-hydrogen) atoms. The molecule has 206 valence electrons. The van der Waals surface area contributed by atoms with Gasteiger partial charge in [-0.15, -0.1) is 11.8 Å². The Morgan fingerprint density at radius 1 is 1.13 bits per heavy atom. The number of halogens is 3. The van der Waals surface area contributed by atoms with E-state index < -0.39 is 30.0 Å². The summed E-state index contributed by atoms with van der Waals surface area (Å²) in [6.07, 6.45) is -5.57. The monoisotopic (exact) mass is 559 g/mol. The number of aryl methyl sites for hydroxylation is 1. The van der Waals surface area contributed by atoms with Gasteiger partial charge in [-0.25, -0.2) is 4.90 Å². The van der Waals surface area contributed by atoms with Gasteiger partial charge in [0.25, 0.3) is 0 Å². The van der Waals surface area contributed by atoms with Crippen LogP contribution in [-0.4, -0.2) is 42.5 Å². The van der Waals surface area contributed by atoms with E-state index in [2.05, 4.69) is 5.43 Å². The molecule has 3 aliphatic rings. The molecule has 11 heteroatoms. The third-order valence-corrected chi connectivity index (χ3v) is 7.59. The fourth-order valence-corrected chi connectivity index (χ4v) is 5.41. The summed E-state index contributed by atoms with van der Waals surface area (Å²) in [6, 6.07) is 20.2. The largest absolute Gasteiger partial charge is 0.479 e. The highest BCUT2D eigenvalue weighted by Gasteiger charge is 2.67. The number of hydrogen-bond donors (Lipinski definition) is 1. The second-order valence-corrected chi connectivity index (χ2v) is 10.3. The maximum Gasteiger partial charge on any atom is 0.416 e. The van der Waals surface area contributed by atoms with Crippen LogP contribution in [0.1, 0.15) is 29.7 Å². The van der Waals surface area contributed by atoms with Crippen LogP contribution in [0.4, 0.5) is 18.9 Å². The zero-order valence-corrected chi connectivity index (χ0v) is 22.4. The summed E-state index contributed by atoms with van der Waals surface area (Å²) >= 11 is 1.39. The minimum atomic E-state index is -4.41. The number of nitrogens with one attached hydrogen (secondary N) is 1. The second-order valence-electron chi connectivity index (χ2n) is 9.21. The molecule has 1 N–H and O–H groups in total. The van der Waals surface area contributed by atoms with E-state index in [0.717, 1.165) is 28.2 Å². The van der Waals surface area contributed by atoms with Crippen molar-refractivity contribution < 1.29 is 32.2 Å². The topological polar surface area (TPSA) is 63.3 Å². The average molecular weight is 560 g/mol. The van der Waals surface area contributed by atoms with Crippen molar-refractivity contribution in [3.63, 3.8) is 0 Å². The number of alkyl halides is 3. The first-order chi connectivity index (χ1) is 18.6. The third kappa shape index (κ3) is 5.31. The van der Waals surface area contributed by atoms with Crippen molar-refractivity contribution in [2.75, 3.05) is 24.4 Å².